The van der Waals surface area contributed by atoms with Crippen molar-refractivity contribution in [3.05, 3.63) is 53.1 Å². The predicted molar refractivity (Wildman–Crippen MR) is 139 cm³/mol. The Morgan fingerprint density at radius 1 is 1.14 bits per heavy atom. The number of aliphatic hydroxyl groups is 1. The summed E-state index contributed by atoms with van der Waals surface area (Å²) in [6.07, 6.45) is 2.48. The first-order valence-corrected chi connectivity index (χ1v) is 11.5. The summed E-state index contributed by atoms with van der Waals surface area (Å²) in [5, 5.41) is 51.2. The van der Waals surface area contributed by atoms with E-state index in [1.54, 1.807) is 6.07 Å². The van der Waals surface area contributed by atoms with Crippen LogP contribution >= 0.6 is 0 Å². The minimum atomic E-state index is -0.389. The van der Waals surface area contributed by atoms with E-state index in [9.17, 15) is 15.3 Å². The maximum atomic E-state index is 10.3. The number of nitrogens with zero attached hydrogens (tertiary/aromatic N) is 2. The number of phenolic OH excluding ortho intramolecular Hbond substituents is 2. The number of aliphatic hydroxyl groups excluding tert-OH is 1. The fourth-order valence-electron chi connectivity index (χ4n) is 3.93. The van der Waals surface area contributed by atoms with Crippen LogP contribution in [0.4, 0.5) is 5.69 Å². The first kappa shape index (κ1) is 29.6. The average molecular weight is 487 g/mol. The number of carbonyl (C=O) groups is 1. The molecule has 0 radical (unpaired) electrons. The topological polar surface area (TPSA) is 152 Å². The van der Waals surface area contributed by atoms with Gasteiger partial charge in [-0.15, -0.1) is 0 Å². The Hall–Kier alpha value is -3.43. The lowest BCUT2D eigenvalue weighted by atomic mass is 9.98. The van der Waals surface area contributed by atoms with Crippen molar-refractivity contribution in [1.82, 2.24) is 4.90 Å². The lowest BCUT2D eigenvalue weighted by Gasteiger charge is -2.30. The highest BCUT2D eigenvalue weighted by atomic mass is 16.3. The zero-order valence-corrected chi connectivity index (χ0v) is 20.7. The minimum Gasteiger partial charge on any atom is -0.508 e. The van der Waals surface area contributed by atoms with Crippen molar-refractivity contribution in [2.24, 2.45) is 5.92 Å². The third kappa shape index (κ3) is 8.38. The Kier molecular flexibility index (Phi) is 12.5. The van der Waals surface area contributed by atoms with Crippen molar-refractivity contribution >= 4 is 24.7 Å². The van der Waals surface area contributed by atoms with E-state index in [-0.39, 0.29) is 42.0 Å². The van der Waals surface area contributed by atoms with E-state index in [4.69, 9.17) is 20.7 Å². The molecule has 0 spiro atoms. The van der Waals surface area contributed by atoms with Crippen molar-refractivity contribution in [3.63, 3.8) is 0 Å². The van der Waals surface area contributed by atoms with Crippen LogP contribution in [0.25, 0.3) is 0 Å². The molecule has 0 bridgehead atoms. The molecule has 9 heteroatoms. The molecule has 3 rings (SSSR count). The van der Waals surface area contributed by atoms with E-state index < -0.39 is 0 Å². The first-order valence-electron chi connectivity index (χ1n) is 11.5. The van der Waals surface area contributed by atoms with Crippen LogP contribution in [0.15, 0.2) is 36.4 Å². The van der Waals surface area contributed by atoms with Gasteiger partial charge in [-0.3, -0.25) is 15.1 Å². The zero-order chi connectivity index (χ0) is 26.5. The second kappa shape index (κ2) is 14.7. The summed E-state index contributed by atoms with van der Waals surface area (Å²) < 4.78 is 0. The second-order valence-corrected chi connectivity index (χ2v) is 8.73. The van der Waals surface area contributed by atoms with Gasteiger partial charge in [0.05, 0.1) is 5.56 Å². The Labute approximate surface area is 207 Å². The largest absolute Gasteiger partial charge is 0.508 e. The van der Waals surface area contributed by atoms with Crippen LogP contribution in [-0.4, -0.2) is 64.2 Å². The fourth-order valence-corrected chi connectivity index (χ4v) is 3.93. The van der Waals surface area contributed by atoms with Crippen molar-refractivity contribution < 1.29 is 25.2 Å². The number of amidine groups is 1. The molecule has 1 heterocycles. The molecule has 0 aliphatic carbocycles. The van der Waals surface area contributed by atoms with Crippen LogP contribution in [-0.2, 0) is 11.3 Å². The molecule has 1 aliphatic rings. The van der Waals surface area contributed by atoms with E-state index in [0.717, 1.165) is 25.6 Å². The smallest absolute Gasteiger partial charge is 0.290 e. The van der Waals surface area contributed by atoms with Gasteiger partial charge in [-0.1, -0.05) is 32.9 Å². The van der Waals surface area contributed by atoms with Crippen molar-refractivity contribution in [1.29, 1.82) is 10.8 Å². The molecule has 1 fully saturated rings. The summed E-state index contributed by atoms with van der Waals surface area (Å²) in [6.45, 7) is 11.2. The second-order valence-electron chi connectivity index (χ2n) is 8.73. The number of piperidine rings is 1. The van der Waals surface area contributed by atoms with E-state index in [0.29, 0.717) is 11.3 Å². The molecule has 0 amide bonds. The van der Waals surface area contributed by atoms with Crippen LogP contribution in [0.5, 0.6) is 11.5 Å². The number of aromatic hydroxyl groups is 2. The number of phenols is 2. The van der Waals surface area contributed by atoms with Gasteiger partial charge in [0, 0.05) is 18.3 Å². The van der Waals surface area contributed by atoms with Gasteiger partial charge in [0.2, 0.25) is 0 Å². The van der Waals surface area contributed by atoms with E-state index in [1.165, 1.54) is 29.4 Å². The number of hydrogen-bond donors (Lipinski definition) is 6. The molecule has 6 N–H and O–H groups in total. The van der Waals surface area contributed by atoms with Crippen molar-refractivity contribution in [2.75, 3.05) is 24.7 Å². The van der Waals surface area contributed by atoms with E-state index in [1.807, 2.05) is 38.1 Å². The Morgan fingerprint density at radius 3 is 2.17 bits per heavy atom. The molecule has 0 saturated carbocycles. The van der Waals surface area contributed by atoms with Gasteiger partial charge < -0.3 is 30.7 Å². The van der Waals surface area contributed by atoms with E-state index in [2.05, 4.69) is 18.5 Å². The Balaban J connectivity index is 0.00000114. The van der Waals surface area contributed by atoms with Gasteiger partial charge in [0.1, 0.15) is 24.1 Å². The minimum absolute atomic E-state index is 0.00561. The summed E-state index contributed by atoms with van der Waals surface area (Å²) in [4.78, 5) is 12.3. The van der Waals surface area contributed by atoms with Crippen molar-refractivity contribution in [3.8, 4) is 11.5 Å². The number of rotatable bonds is 6. The number of hydrogen-bond acceptors (Lipinski definition) is 7. The van der Waals surface area contributed by atoms with Gasteiger partial charge >= 0.3 is 0 Å². The van der Waals surface area contributed by atoms with Crippen LogP contribution in [0.1, 0.15) is 56.2 Å². The van der Waals surface area contributed by atoms with Gasteiger partial charge in [0.15, 0.2) is 0 Å². The molecule has 9 nitrogen and oxygen atoms in total. The van der Waals surface area contributed by atoms with Crippen LogP contribution in [0.2, 0.25) is 0 Å². The third-order valence-corrected chi connectivity index (χ3v) is 5.96. The molecule has 2 aromatic carbocycles. The number of benzene rings is 2. The van der Waals surface area contributed by atoms with Crippen LogP contribution < -0.4 is 4.90 Å². The predicted octanol–water partition coefficient (Wildman–Crippen LogP) is 4.20. The first-order chi connectivity index (χ1) is 16.7. The maximum absolute atomic E-state index is 10.3. The summed E-state index contributed by atoms with van der Waals surface area (Å²) in [5.41, 5.74) is 2.80. The molecule has 0 unspecified atom stereocenters. The molecule has 35 heavy (non-hydrogen) atoms. The fraction of sp³-hybridized carbons (Fsp3) is 0.423. The normalized spacial score (nSPS) is 13.7. The quantitative estimate of drug-likeness (QED) is 0.155. The zero-order valence-electron chi connectivity index (χ0n) is 20.7. The molecular weight excluding hydrogens is 448 g/mol. The monoisotopic (exact) mass is 486 g/mol. The Bertz CT molecular complexity index is 942. The van der Waals surface area contributed by atoms with E-state index >= 15 is 0 Å². The summed E-state index contributed by atoms with van der Waals surface area (Å²) in [6, 6.07) is 10.7. The number of likely N-dealkylation sites (tertiary alicyclic amines) is 1. The third-order valence-electron chi connectivity index (χ3n) is 5.96. The number of nitrogens with one attached hydrogen (secondary N) is 2. The van der Waals surface area contributed by atoms with Gasteiger partial charge in [-0.25, -0.2) is 0 Å². The molecule has 192 valence electrons. The van der Waals surface area contributed by atoms with Crippen LogP contribution in [0.3, 0.4) is 0 Å². The van der Waals surface area contributed by atoms with Gasteiger partial charge in [0.25, 0.3) is 6.47 Å². The summed E-state index contributed by atoms with van der Waals surface area (Å²) in [7, 11) is 0. The summed E-state index contributed by atoms with van der Waals surface area (Å²) >= 11 is 0. The summed E-state index contributed by atoms with van der Waals surface area (Å²) in [5.74, 6) is 0.647. The standard InChI is InChI=1S/C24H33N3O3.CH3N.CH2O2/c1-16(2)20-12-21(23(30)13-22(20)29)24(25)27(15-28)19-6-4-18(5-7-19)14-26-10-8-17(3)9-11-26;1-2;2-1-3/h4-7,12-13,16-17,25,28-30H,8-11,14-15H2,1-3H3;2H,1H2;1H,(H,2,3). The highest BCUT2D eigenvalue weighted by Crippen LogP contribution is 2.33. The number of carboxylic acid groups (broad SMARTS) is 1. The molecule has 1 saturated heterocycles. The van der Waals surface area contributed by atoms with Gasteiger partial charge in [-0.05, 0) is 73.8 Å². The molecule has 1 aliphatic heterocycles. The maximum Gasteiger partial charge on any atom is 0.290 e. The lowest BCUT2D eigenvalue weighted by Crippen LogP contribution is -2.33. The van der Waals surface area contributed by atoms with Gasteiger partial charge in [-0.2, -0.15) is 0 Å². The lowest BCUT2D eigenvalue weighted by molar-refractivity contribution is -0.122. The highest BCUT2D eigenvalue weighted by Gasteiger charge is 2.20. The average Bonchev–Trinajstić information content (AvgIpc) is 2.83. The van der Waals surface area contributed by atoms with Crippen molar-refractivity contribution in [2.45, 2.75) is 46.1 Å². The highest BCUT2D eigenvalue weighted by molar-refractivity contribution is 6.09. The molecule has 2 aromatic rings. The number of anilines is 1. The Morgan fingerprint density at radius 2 is 1.69 bits per heavy atom. The molecular formula is C26H38N4O5. The molecule has 0 atom stereocenters. The SMILES string of the molecule is C=N.CC1CCN(Cc2ccc(N(CO)C(=N)c3cc(C(C)C)c(O)cc3O)cc2)CC1.O=CO. The molecule has 0 aromatic heterocycles. The van der Waals surface area contributed by atoms with Crippen LogP contribution in [0, 0.1) is 16.7 Å².